The molecule has 3 unspecified atom stereocenters. The molecule has 2 aliphatic heterocycles. The molecule has 0 amide bonds. The first-order valence-corrected chi connectivity index (χ1v) is 8.26. The van der Waals surface area contributed by atoms with Gasteiger partial charge in [0.2, 0.25) is 0 Å². The van der Waals surface area contributed by atoms with Crippen molar-refractivity contribution in [3.8, 4) is 5.75 Å². The van der Waals surface area contributed by atoms with Gasteiger partial charge in [-0.15, -0.1) is 12.4 Å². The zero-order valence-electron chi connectivity index (χ0n) is 12.9. The Morgan fingerprint density at radius 2 is 1.86 bits per heavy atom. The van der Waals surface area contributed by atoms with E-state index in [1.807, 2.05) is 0 Å². The average Bonchev–Trinajstić information content (AvgIpc) is 2.47. The maximum absolute atomic E-state index is 6.38. The molecule has 3 atom stereocenters. The third-order valence-electron chi connectivity index (χ3n) is 5.52. The summed E-state index contributed by atoms with van der Waals surface area (Å²) in [6, 6.07) is 9.42. The van der Waals surface area contributed by atoms with E-state index in [9.17, 15) is 0 Å². The first-order valence-electron chi connectivity index (χ1n) is 8.26. The van der Waals surface area contributed by atoms with Crippen molar-refractivity contribution in [1.82, 2.24) is 4.90 Å². The quantitative estimate of drug-likeness (QED) is 0.763. The van der Waals surface area contributed by atoms with Gasteiger partial charge in [0.15, 0.2) is 0 Å². The predicted octanol–water partition coefficient (Wildman–Crippen LogP) is 4.38. The Kier molecular flexibility index (Phi) is 4.20. The zero-order chi connectivity index (χ0) is 13.6. The number of para-hydroxylation sites is 1. The van der Waals surface area contributed by atoms with Crippen molar-refractivity contribution in [2.75, 3.05) is 13.1 Å². The number of hydrogen-bond acceptors (Lipinski definition) is 2. The summed E-state index contributed by atoms with van der Waals surface area (Å²) >= 11 is 0. The monoisotopic (exact) mass is 307 g/mol. The van der Waals surface area contributed by atoms with Gasteiger partial charge in [0.05, 0.1) is 0 Å². The summed E-state index contributed by atoms with van der Waals surface area (Å²) in [5, 5.41) is 0. The molecule has 1 aromatic rings. The number of fused-ring (bicyclic) bond motifs is 4. The van der Waals surface area contributed by atoms with Crippen LogP contribution in [0.4, 0.5) is 0 Å². The van der Waals surface area contributed by atoms with Gasteiger partial charge in [0.1, 0.15) is 11.4 Å². The zero-order valence-corrected chi connectivity index (χ0v) is 13.7. The minimum atomic E-state index is 0. The summed E-state index contributed by atoms with van der Waals surface area (Å²) in [6.07, 6.45) is 7.93. The van der Waals surface area contributed by atoms with Gasteiger partial charge < -0.3 is 9.64 Å². The topological polar surface area (TPSA) is 12.5 Å². The summed E-state index contributed by atoms with van der Waals surface area (Å²) in [6.45, 7) is 4.93. The van der Waals surface area contributed by atoms with Crippen LogP contribution in [0.25, 0.3) is 0 Å². The smallest absolute Gasteiger partial charge is 0.123 e. The van der Waals surface area contributed by atoms with Gasteiger partial charge in [0, 0.05) is 12.5 Å². The van der Waals surface area contributed by atoms with E-state index < -0.39 is 0 Å². The predicted molar refractivity (Wildman–Crippen MR) is 88.5 cm³/mol. The number of halogens is 1. The molecular formula is C18H26ClNO. The Balaban J connectivity index is 0.00000132. The summed E-state index contributed by atoms with van der Waals surface area (Å²) in [5.74, 6) is 1.84. The van der Waals surface area contributed by atoms with Gasteiger partial charge >= 0.3 is 0 Å². The van der Waals surface area contributed by atoms with Crippen molar-refractivity contribution in [3.63, 3.8) is 0 Å². The molecule has 1 saturated carbocycles. The van der Waals surface area contributed by atoms with Crippen LogP contribution < -0.4 is 4.74 Å². The fraction of sp³-hybridized carbons (Fsp3) is 0.667. The van der Waals surface area contributed by atoms with E-state index in [4.69, 9.17) is 4.74 Å². The molecule has 2 heterocycles. The van der Waals surface area contributed by atoms with Crippen LogP contribution in [0.2, 0.25) is 0 Å². The Morgan fingerprint density at radius 3 is 2.67 bits per heavy atom. The summed E-state index contributed by atoms with van der Waals surface area (Å²) < 4.78 is 6.38. The van der Waals surface area contributed by atoms with E-state index in [1.165, 1.54) is 57.2 Å². The normalized spacial score (nSPS) is 35.3. The van der Waals surface area contributed by atoms with Crippen LogP contribution in [-0.4, -0.2) is 29.6 Å². The number of rotatable bonds is 1. The van der Waals surface area contributed by atoms with E-state index >= 15 is 0 Å². The number of hydrogen-bond donors (Lipinski definition) is 0. The van der Waals surface area contributed by atoms with Crippen molar-refractivity contribution < 1.29 is 4.74 Å². The fourth-order valence-electron chi connectivity index (χ4n) is 4.66. The van der Waals surface area contributed by atoms with Crippen molar-refractivity contribution >= 4 is 12.4 Å². The molecule has 3 aliphatic rings. The Morgan fingerprint density at radius 1 is 1.10 bits per heavy atom. The second-order valence-corrected chi connectivity index (χ2v) is 7.18. The minimum absolute atomic E-state index is 0. The molecule has 1 aliphatic carbocycles. The van der Waals surface area contributed by atoms with Crippen molar-refractivity contribution in [2.45, 2.75) is 63.0 Å². The van der Waals surface area contributed by atoms with Gasteiger partial charge in [-0.05, 0) is 63.2 Å². The maximum Gasteiger partial charge on any atom is 0.123 e. The number of nitrogens with zero attached hydrogens (tertiary/aromatic N) is 1. The lowest BCUT2D eigenvalue weighted by Gasteiger charge is -2.50. The van der Waals surface area contributed by atoms with Crippen LogP contribution in [0.3, 0.4) is 0 Å². The highest BCUT2D eigenvalue weighted by Crippen LogP contribution is 2.49. The molecule has 0 aromatic heterocycles. The third kappa shape index (κ3) is 2.80. The highest BCUT2D eigenvalue weighted by Gasteiger charge is 2.45. The first kappa shape index (κ1) is 15.2. The van der Waals surface area contributed by atoms with E-state index in [0.717, 1.165) is 11.8 Å². The van der Waals surface area contributed by atoms with Gasteiger partial charge in [-0.2, -0.15) is 0 Å². The van der Waals surface area contributed by atoms with Crippen LogP contribution >= 0.6 is 12.4 Å². The summed E-state index contributed by atoms with van der Waals surface area (Å²) in [4.78, 5) is 2.74. The molecule has 1 saturated heterocycles. The lowest BCUT2D eigenvalue weighted by molar-refractivity contribution is -0.0241. The third-order valence-corrected chi connectivity index (χ3v) is 5.52. The van der Waals surface area contributed by atoms with E-state index in [-0.39, 0.29) is 18.0 Å². The van der Waals surface area contributed by atoms with Gasteiger partial charge in [-0.3, -0.25) is 0 Å². The van der Waals surface area contributed by atoms with Crippen molar-refractivity contribution in [2.24, 2.45) is 0 Å². The first-order chi connectivity index (χ1) is 9.73. The minimum Gasteiger partial charge on any atom is -0.487 e. The Labute approximate surface area is 134 Å². The molecular weight excluding hydrogens is 282 g/mol. The average molecular weight is 308 g/mol. The highest BCUT2D eigenvalue weighted by atomic mass is 35.5. The number of benzene rings is 1. The Hall–Kier alpha value is -0.730. The molecule has 2 nitrogen and oxygen atoms in total. The van der Waals surface area contributed by atoms with Crippen LogP contribution in [0, 0.1) is 0 Å². The molecule has 4 rings (SSSR count). The fourth-order valence-corrected chi connectivity index (χ4v) is 4.66. The summed E-state index contributed by atoms with van der Waals surface area (Å²) in [7, 11) is 0. The number of likely N-dealkylation sites (tertiary alicyclic amines) is 1. The Bertz CT molecular complexity index is 500. The molecule has 2 fully saturated rings. The SMILES string of the molecule is CC12CC(CC(N3CCCCC3)C1)c1ccccc1O2.Cl. The molecule has 1 aromatic carbocycles. The molecule has 116 valence electrons. The highest BCUT2D eigenvalue weighted by molar-refractivity contribution is 5.85. The lowest BCUT2D eigenvalue weighted by Crippen LogP contribution is -2.52. The van der Waals surface area contributed by atoms with Gasteiger partial charge in [-0.25, -0.2) is 0 Å². The second-order valence-electron chi connectivity index (χ2n) is 7.18. The van der Waals surface area contributed by atoms with E-state index in [2.05, 4.69) is 36.1 Å². The van der Waals surface area contributed by atoms with Crippen molar-refractivity contribution in [3.05, 3.63) is 29.8 Å². The van der Waals surface area contributed by atoms with Crippen LogP contribution in [-0.2, 0) is 0 Å². The molecule has 2 bridgehead atoms. The molecule has 21 heavy (non-hydrogen) atoms. The maximum atomic E-state index is 6.38. The van der Waals surface area contributed by atoms with E-state index in [0.29, 0.717) is 5.92 Å². The van der Waals surface area contributed by atoms with Crippen LogP contribution in [0.5, 0.6) is 5.75 Å². The number of piperidine rings is 1. The van der Waals surface area contributed by atoms with Crippen LogP contribution in [0.15, 0.2) is 24.3 Å². The van der Waals surface area contributed by atoms with Crippen LogP contribution in [0.1, 0.15) is 56.9 Å². The molecule has 0 radical (unpaired) electrons. The second kappa shape index (κ2) is 5.81. The van der Waals surface area contributed by atoms with E-state index in [1.54, 1.807) is 0 Å². The lowest BCUT2D eigenvalue weighted by atomic mass is 9.71. The number of ether oxygens (including phenoxy) is 1. The van der Waals surface area contributed by atoms with Crippen molar-refractivity contribution in [1.29, 1.82) is 0 Å². The standard InChI is InChI=1S/C18H25NO.ClH/c1-18-12-14(16-7-3-4-8-17(16)20-18)11-15(13-18)19-9-5-2-6-10-19;/h3-4,7-8,14-15H,2,5-6,9-13H2,1H3;1H. The molecule has 0 N–H and O–H groups in total. The van der Waals surface area contributed by atoms with Gasteiger partial charge in [-0.1, -0.05) is 24.6 Å². The van der Waals surface area contributed by atoms with Gasteiger partial charge in [0.25, 0.3) is 0 Å². The largest absolute Gasteiger partial charge is 0.487 e. The molecule has 0 spiro atoms. The molecule has 3 heteroatoms. The summed E-state index contributed by atoms with van der Waals surface area (Å²) in [5.41, 5.74) is 1.51.